The minimum absolute atomic E-state index is 0.273. The number of anilines is 2. The molecule has 0 fully saturated rings. The first-order valence-corrected chi connectivity index (χ1v) is 14.5. The Kier molecular flexibility index (Phi) is 8.05. The lowest BCUT2D eigenvalue weighted by molar-refractivity contribution is 0.0945. The number of sulfonamides is 2. The van der Waals surface area contributed by atoms with E-state index in [9.17, 15) is 21.6 Å². The molecule has 1 aliphatic heterocycles. The fourth-order valence-electron chi connectivity index (χ4n) is 3.85. The van der Waals surface area contributed by atoms with Crippen LogP contribution in [-0.4, -0.2) is 73.4 Å². The summed E-state index contributed by atoms with van der Waals surface area (Å²) in [5.74, 6) is -0.0350. The van der Waals surface area contributed by atoms with Crippen molar-refractivity contribution in [1.29, 1.82) is 0 Å². The molecular formula is C22H30N4O6S2. The number of nitrogens with one attached hydrogen (secondary N) is 3. The Morgan fingerprint density at radius 3 is 2.12 bits per heavy atom. The molecule has 1 aliphatic rings. The van der Waals surface area contributed by atoms with Crippen molar-refractivity contribution in [3.63, 3.8) is 0 Å². The molecule has 0 bridgehead atoms. The van der Waals surface area contributed by atoms with Crippen molar-refractivity contribution in [1.82, 2.24) is 10.2 Å². The van der Waals surface area contributed by atoms with Crippen molar-refractivity contribution in [2.24, 2.45) is 0 Å². The van der Waals surface area contributed by atoms with Gasteiger partial charge < -0.3 is 15.0 Å². The molecule has 0 aromatic heterocycles. The van der Waals surface area contributed by atoms with E-state index in [4.69, 9.17) is 4.74 Å². The van der Waals surface area contributed by atoms with Crippen LogP contribution in [0.5, 0.6) is 5.75 Å². The minimum atomic E-state index is -3.44. The Hall–Kier alpha value is -2.83. The topological polar surface area (TPSA) is 134 Å². The number of benzene rings is 2. The Morgan fingerprint density at radius 2 is 1.50 bits per heavy atom. The Labute approximate surface area is 200 Å². The van der Waals surface area contributed by atoms with Crippen molar-refractivity contribution in [3.8, 4) is 5.75 Å². The molecule has 0 radical (unpaired) electrons. The monoisotopic (exact) mass is 510 g/mol. The number of carbonyl (C=O) groups is 1. The standard InChI is InChI=1S/C22H30N4O6S2/c1-32-21-15-19(25-34(3,30)31)6-7-20(21)22(27)23-10-13-26-11-8-16-4-5-18(24-33(2,28)29)14-17(16)9-12-26/h4-7,14-15,24-25H,8-13H2,1-3H3,(H,23,27). The van der Waals surface area contributed by atoms with Crippen LogP contribution in [0.25, 0.3) is 0 Å². The number of rotatable bonds is 9. The van der Waals surface area contributed by atoms with Crippen LogP contribution in [0.15, 0.2) is 36.4 Å². The van der Waals surface area contributed by atoms with Gasteiger partial charge in [0, 0.05) is 37.9 Å². The number of fused-ring (bicyclic) bond motifs is 1. The predicted octanol–water partition coefficient (Wildman–Crippen LogP) is 1.27. The number of amides is 1. The molecule has 1 heterocycles. The Bertz CT molecular complexity index is 1260. The third kappa shape index (κ3) is 7.61. The summed E-state index contributed by atoms with van der Waals surface area (Å²) in [4.78, 5) is 14.9. The highest BCUT2D eigenvalue weighted by atomic mass is 32.2. The molecule has 10 nitrogen and oxygen atoms in total. The first-order chi connectivity index (χ1) is 15.9. The first-order valence-electron chi connectivity index (χ1n) is 10.7. The van der Waals surface area contributed by atoms with Gasteiger partial charge >= 0.3 is 0 Å². The number of hydrogen-bond acceptors (Lipinski definition) is 7. The van der Waals surface area contributed by atoms with E-state index in [0.717, 1.165) is 44.0 Å². The van der Waals surface area contributed by atoms with Crippen LogP contribution in [0.4, 0.5) is 11.4 Å². The number of hydrogen-bond donors (Lipinski definition) is 3. The molecule has 2 aromatic rings. The largest absolute Gasteiger partial charge is 0.496 e. The van der Waals surface area contributed by atoms with Crippen molar-refractivity contribution < 1.29 is 26.4 Å². The summed E-state index contributed by atoms with van der Waals surface area (Å²) in [6.45, 7) is 2.71. The van der Waals surface area contributed by atoms with Crippen LogP contribution in [0.2, 0.25) is 0 Å². The van der Waals surface area contributed by atoms with Crippen LogP contribution in [0.3, 0.4) is 0 Å². The fraction of sp³-hybridized carbons (Fsp3) is 0.409. The van der Waals surface area contributed by atoms with Gasteiger partial charge in [-0.3, -0.25) is 14.2 Å². The molecule has 0 aliphatic carbocycles. The molecule has 0 saturated carbocycles. The quantitative estimate of drug-likeness (QED) is 0.463. The molecule has 1 amide bonds. The molecule has 0 unspecified atom stereocenters. The summed E-state index contributed by atoms with van der Waals surface area (Å²) >= 11 is 0. The van der Waals surface area contributed by atoms with Crippen LogP contribution in [-0.2, 0) is 32.9 Å². The minimum Gasteiger partial charge on any atom is -0.496 e. The number of carbonyl (C=O) groups excluding carboxylic acids is 1. The zero-order valence-corrected chi connectivity index (χ0v) is 21.1. The van der Waals surface area contributed by atoms with E-state index in [1.807, 2.05) is 12.1 Å². The van der Waals surface area contributed by atoms with Crippen LogP contribution in [0.1, 0.15) is 21.5 Å². The van der Waals surface area contributed by atoms with Crippen molar-refractivity contribution in [3.05, 3.63) is 53.1 Å². The summed E-state index contributed by atoms with van der Waals surface area (Å²) in [5.41, 5.74) is 3.50. The van der Waals surface area contributed by atoms with Crippen LogP contribution < -0.4 is 19.5 Å². The maximum absolute atomic E-state index is 12.7. The Balaban J connectivity index is 1.55. The van der Waals surface area contributed by atoms with Gasteiger partial charge in [0.1, 0.15) is 5.75 Å². The predicted molar refractivity (Wildman–Crippen MR) is 133 cm³/mol. The SMILES string of the molecule is COc1cc(NS(C)(=O)=O)ccc1C(=O)NCCN1CCc2ccc(NS(C)(=O)=O)cc2CC1. The maximum atomic E-state index is 12.7. The lowest BCUT2D eigenvalue weighted by Crippen LogP contribution is -2.36. The van der Waals surface area contributed by atoms with Crippen molar-refractivity contribution >= 4 is 37.3 Å². The van der Waals surface area contributed by atoms with Gasteiger partial charge in [0.15, 0.2) is 0 Å². The average Bonchev–Trinajstić information content (AvgIpc) is 2.93. The van der Waals surface area contributed by atoms with E-state index in [2.05, 4.69) is 19.7 Å². The zero-order valence-electron chi connectivity index (χ0n) is 19.4. The highest BCUT2D eigenvalue weighted by Gasteiger charge is 2.17. The van der Waals surface area contributed by atoms with E-state index in [-0.39, 0.29) is 11.7 Å². The highest BCUT2D eigenvalue weighted by molar-refractivity contribution is 7.92. The summed E-state index contributed by atoms with van der Waals surface area (Å²) in [6.07, 6.45) is 3.80. The highest BCUT2D eigenvalue weighted by Crippen LogP contribution is 2.24. The number of ether oxygens (including phenoxy) is 1. The van der Waals surface area contributed by atoms with Gasteiger partial charge in [-0.2, -0.15) is 0 Å². The van der Waals surface area contributed by atoms with E-state index in [1.54, 1.807) is 6.07 Å². The van der Waals surface area contributed by atoms with Crippen LogP contribution in [0, 0.1) is 0 Å². The van der Waals surface area contributed by atoms with E-state index < -0.39 is 20.0 Å². The van der Waals surface area contributed by atoms with Gasteiger partial charge in [0.05, 0.1) is 30.9 Å². The maximum Gasteiger partial charge on any atom is 0.255 e. The van der Waals surface area contributed by atoms with Gasteiger partial charge in [0.25, 0.3) is 5.91 Å². The van der Waals surface area contributed by atoms with Gasteiger partial charge in [0.2, 0.25) is 20.0 Å². The molecule has 12 heteroatoms. The third-order valence-corrected chi connectivity index (χ3v) is 6.58. The molecule has 0 saturated heterocycles. The zero-order chi connectivity index (χ0) is 24.9. The van der Waals surface area contributed by atoms with Crippen molar-refractivity contribution in [2.45, 2.75) is 12.8 Å². The van der Waals surface area contributed by atoms with Crippen molar-refractivity contribution in [2.75, 3.05) is 55.2 Å². The van der Waals surface area contributed by atoms with Gasteiger partial charge in [-0.25, -0.2) is 16.8 Å². The second-order valence-electron chi connectivity index (χ2n) is 8.24. The summed E-state index contributed by atoms with van der Waals surface area (Å²) in [7, 11) is -5.34. The summed E-state index contributed by atoms with van der Waals surface area (Å²) < 4.78 is 55.9. The molecule has 2 aromatic carbocycles. The van der Waals surface area contributed by atoms with Gasteiger partial charge in [-0.05, 0) is 48.2 Å². The normalized spacial score (nSPS) is 14.6. The van der Waals surface area contributed by atoms with E-state index in [1.165, 1.54) is 30.9 Å². The fourth-order valence-corrected chi connectivity index (χ4v) is 4.96. The molecule has 186 valence electrons. The lowest BCUT2D eigenvalue weighted by Gasteiger charge is -2.20. The lowest BCUT2D eigenvalue weighted by atomic mass is 10.0. The average molecular weight is 511 g/mol. The van der Waals surface area contributed by atoms with Crippen LogP contribution >= 0.6 is 0 Å². The Morgan fingerprint density at radius 1 is 0.912 bits per heavy atom. The molecule has 0 spiro atoms. The van der Waals surface area contributed by atoms with E-state index in [0.29, 0.717) is 30.0 Å². The number of nitrogens with zero attached hydrogens (tertiary/aromatic N) is 1. The first kappa shape index (κ1) is 25.8. The summed E-state index contributed by atoms with van der Waals surface area (Å²) in [5, 5.41) is 2.89. The van der Waals surface area contributed by atoms with Gasteiger partial charge in [-0.15, -0.1) is 0 Å². The summed E-state index contributed by atoms with van der Waals surface area (Å²) in [6, 6.07) is 10.1. The molecule has 3 N–H and O–H groups in total. The second-order valence-corrected chi connectivity index (χ2v) is 11.7. The number of methoxy groups -OCH3 is 1. The molecule has 34 heavy (non-hydrogen) atoms. The smallest absolute Gasteiger partial charge is 0.255 e. The molecule has 0 atom stereocenters. The third-order valence-electron chi connectivity index (χ3n) is 5.37. The molecular weight excluding hydrogens is 480 g/mol. The van der Waals surface area contributed by atoms with E-state index >= 15 is 0 Å². The molecule has 3 rings (SSSR count). The van der Waals surface area contributed by atoms with Gasteiger partial charge in [-0.1, -0.05) is 6.07 Å². The second kappa shape index (κ2) is 10.6.